The minimum Gasteiger partial charge on any atom is -0.354 e. The summed E-state index contributed by atoms with van der Waals surface area (Å²) in [6.45, 7) is 2.87. The number of rotatable bonds is 10. The number of nitrogens with one attached hydrogen (secondary N) is 2. The lowest BCUT2D eigenvalue weighted by Gasteiger charge is -2.25. The average Bonchev–Trinajstić information content (AvgIpc) is 3.21. The SMILES string of the molecule is CCS(=O)(=O)N(CCCN(C)C)c1ccc(NC(=C2C(=O)Nc3ccccc32)c2ccccc2)cc1. The van der Waals surface area contributed by atoms with Crippen molar-refractivity contribution in [2.24, 2.45) is 0 Å². The molecule has 0 saturated heterocycles. The fourth-order valence-corrected chi connectivity index (χ4v) is 5.38. The summed E-state index contributed by atoms with van der Waals surface area (Å²) in [6, 6.07) is 24.6. The second kappa shape index (κ2) is 11.0. The van der Waals surface area contributed by atoms with Crippen molar-refractivity contribution in [2.75, 3.05) is 47.9 Å². The zero-order valence-electron chi connectivity index (χ0n) is 20.9. The van der Waals surface area contributed by atoms with Crippen LogP contribution in [0.2, 0.25) is 0 Å². The third-order valence-electron chi connectivity index (χ3n) is 6.08. The molecule has 3 aromatic rings. The molecule has 0 saturated carbocycles. The van der Waals surface area contributed by atoms with Gasteiger partial charge in [0.2, 0.25) is 10.0 Å². The topological polar surface area (TPSA) is 81.8 Å². The predicted molar refractivity (Wildman–Crippen MR) is 148 cm³/mol. The quantitative estimate of drug-likeness (QED) is 0.390. The van der Waals surface area contributed by atoms with Crippen LogP contribution in [0.25, 0.3) is 11.3 Å². The van der Waals surface area contributed by atoms with E-state index in [1.54, 1.807) is 19.1 Å². The van der Waals surface area contributed by atoms with Crippen molar-refractivity contribution in [3.8, 4) is 0 Å². The minimum absolute atomic E-state index is 0.0355. The number of nitrogens with zero attached hydrogens (tertiary/aromatic N) is 2. The molecule has 36 heavy (non-hydrogen) atoms. The number of benzene rings is 3. The molecule has 0 aliphatic carbocycles. The summed E-state index contributed by atoms with van der Waals surface area (Å²) in [5.41, 5.74) is 5.13. The van der Waals surface area contributed by atoms with Crippen molar-refractivity contribution in [3.63, 3.8) is 0 Å². The first-order chi connectivity index (χ1) is 17.3. The molecule has 2 N–H and O–H groups in total. The highest BCUT2D eigenvalue weighted by atomic mass is 32.2. The van der Waals surface area contributed by atoms with Crippen LogP contribution in [0.3, 0.4) is 0 Å². The van der Waals surface area contributed by atoms with Gasteiger partial charge in [-0.3, -0.25) is 9.10 Å². The molecule has 1 heterocycles. The van der Waals surface area contributed by atoms with Gasteiger partial charge in [0.15, 0.2) is 0 Å². The highest BCUT2D eigenvalue weighted by Gasteiger charge is 2.28. The Hall–Kier alpha value is -3.62. The third kappa shape index (κ3) is 5.61. The maximum Gasteiger partial charge on any atom is 0.258 e. The van der Waals surface area contributed by atoms with Crippen molar-refractivity contribution in [1.82, 2.24) is 4.90 Å². The monoisotopic (exact) mass is 504 g/mol. The van der Waals surface area contributed by atoms with E-state index in [2.05, 4.69) is 10.6 Å². The molecule has 8 heteroatoms. The Morgan fingerprint density at radius 2 is 1.56 bits per heavy atom. The van der Waals surface area contributed by atoms with Crippen molar-refractivity contribution in [1.29, 1.82) is 0 Å². The van der Waals surface area contributed by atoms with Gasteiger partial charge in [0.1, 0.15) is 0 Å². The van der Waals surface area contributed by atoms with E-state index in [-0.39, 0.29) is 11.7 Å². The van der Waals surface area contributed by atoms with Gasteiger partial charge >= 0.3 is 0 Å². The molecule has 1 aliphatic rings. The normalized spacial score (nSPS) is 14.4. The number of anilines is 3. The summed E-state index contributed by atoms with van der Waals surface area (Å²) >= 11 is 0. The van der Waals surface area contributed by atoms with Crippen LogP contribution in [0.5, 0.6) is 0 Å². The van der Waals surface area contributed by atoms with E-state index < -0.39 is 10.0 Å². The van der Waals surface area contributed by atoms with E-state index in [9.17, 15) is 13.2 Å². The average molecular weight is 505 g/mol. The summed E-state index contributed by atoms with van der Waals surface area (Å²) < 4.78 is 27.1. The molecular formula is C28H32N4O3S. The number of fused-ring (bicyclic) bond motifs is 1. The number of para-hydroxylation sites is 1. The number of hydrogen-bond donors (Lipinski definition) is 2. The number of hydrogen-bond acceptors (Lipinski definition) is 5. The number of amides is 1. The highest BCUT2D eigenvalue weighted by Crippen LogP contribution is 2.37. The summed E-state index contributed by atoms with van der Waals surface area (Å²) in [5, 5.41) is 6.37. The van der Waals surface area contributed by atoms with E-state index in [0.717, 1.165) is 35.5 Å². The largest absolute Gasteiger partial charge is 0.354 e. The van der Waals surface area contributed by atoms with Crippen LogP contribution in [0.1, 0.15) is 24.5 Å². The first-order valence-electron chi connectivity index (χ1n) is 12.0. The van der Waals surface area contributed by atoms with Gasteiger partial charge in [-0.05, 0) is 69.9 Å². The van der Waals surface area contributed by atoms with E-state index >= 15 is 0 Å². The van der Waals surface area contributed by atoms with Gasteiger partial charge in [0, 0.05) is 23.5 Å². The van der Waals surface area contributed by atoms with E-state index in [1.807, 2.05) is 85.7 Å². The Bertz CT molecular complexity index is 1350. The molecule has 0 fully saturated rings. The molecule has 1 aliphatic heterocycles. The summed E-state index contributed by atoms with van der Waals surface area (Å²) in [7, 11) is 0.535. The van der Waals surface area contributed by atoms with E-state index in [1.165, 1.54) is 4.31 Å². The maximum absolute atomic E-state index is 13.0. The highest BCUT2D eigenvalue weighted by molar-refractivity contribution is 7.92. The summed E-state index contributed by atoms with van der Waals surface area (Å²) in [6.07, 6.45) is 0.727. The third-order valence-corrected chi connectivity index (χ3v) is 7.87. The molecule has 188 valence electrons. The fraction of sp³-hybridized carbons (Fsp3) is 0.250. The second-order valence-electron chi connectivity index (χ2n) is 8.92. The van der Waals surface area contributed by atoms with Crippen LogP contribution in [-0.2, 0) is 14.8 Å². The Morgan fingerprint density at radius 3 is 2.22 bits per heavy atom. The number of carbonyl (C=O) groups excluding carboxylic acids is 1. The van der Waals surface area contributed by atoms with Crippen LogP contribution in [-0.4, -0.2) is 52.2 Å². The lowest BCUT2D eigenvalue weighted by atomic mass is 10.00. The van der Waals surface area contributed by atoms with Gasteiger partial charge < -0.3 is 15.5 Å². The van der Waals surface area contributed by atoms with Crippen LogP contribution in [0.4, 0.5) is 17.1 Å². The van der Waals surface area contributed by atoms with Gasteiger partial charge in [-0.15, -0.1) is 0 Å². The van der Waals surface area contributed by atoms with Crippen molar-refractivity contribution in [2.45, 2.75) is 13.3 Å². The smallest absolute Gasteiger partial charge is 0.258 e. The van der Waals surface area contributed by atoms with Crippen molar-refractivity contribution >= 4 is 44.3 Å². The van der Waals surface area contributed by atoms with E-state index in [0.29, 0.717) is 23.5 Å². The van der Waals surface area contributed by atoms with Gasteiger partial charge in [0.05, 0.1) is 22.7 Å². The molecule has 3 aromatic carbocycles. The Labute approximate surface area is 213 Å². The summed E-state index contributed by atoms with van der Waals surface area (Å²) in [5.74, 6) is -0.131. The summed E-state index contributed by atoms with van der Waals surface area (Å²) in [4.78, 5) is 15.0. The second-order valence-corrected chi connectivity index (χ2v) is 11.1. The molecule has 0 bridgehead atoms. The molecule has 0 radical (unpaired) electrons. The molecule has 4 rings (SSSR count). The van der Waals surface area contributed by atoms with Gasteiger partial charge in [0.25, 0.3) is 5.91 Å². The molecule has 1 amide bonds. The van der Waals surface area contributed by atoms with Crippen molar-refractivity contribution in [3.05, 3.63) is 90.0 Å². The Morgan fingerprint density at radius 1 is 0.889 bits per heavy atom. The number of sulfonamides is 1. The molecule has 0 unspecified atom stereocenters. The zero-order chi connectivity index (χ0) is 25.7. The van der Waals surface area contributed by atoms with Gasteiger partial charge in [-0.2, -0.15) is 0 Å². The minimum atomic E-state index is -3.41. The van der Waals surface area contributed by atoms with Crippen LogP contribution in [0.15, 0.2) is 78.9 Å². The fourth-order valence-electron chi connectivity index (χ4n) is 4.22. The maximum atomic E-state index is 13.0. The predicted octanol–water partition coefficient (Wildman–Crippen LogP) is 4.73. The molecular weight excluding hydrogens is 472 g/mol. The van der Waals surface area contributed by atoms with Crippen LogP contribution >= 0.6 is 0 Å². The number of carbonyl (C=O) groups is 1. The van der Waals surface area contributed by atoms with E-state index in [4.69, 9.17) is 0 Å². The van der Waals surface area contributed by atoms with Gasteiger partial charge in [-0.25, -0.2) is 8.42 Å². The first kappa shape index (κ1) is 25.5. The van der Waals surface area contributed by atoms with Crippen molar-refractivity contribution < 1.29 is 13.2 Å². The lowest BCUT2D eigenvalue weighted by molar-refractivity contribution is -0.110. The Balaban J connectivity index is 1.68. The zero-order valence-corrected chi connectivity index (χ0v) is 21.7. The van der Waals surface area contributed by atoms with Crippen LogP contribution < -0.4 is 14.9 Å². The molecule has 0 aromatic heterocycles. The molecule has 0 atom stereocenters. The molecule has 0 spiro atoms. The lowest BCUT2D eigenvalue weighted by Crippen LogP contribution is -2.34. The van der Waals surface area contributed by atoms with Gasteiger partial charge in [-0.1, -0.05) is 48.5 Å². The first-order valence-corrected chi connectivity index (χ1v) is 13.6. The molecule has 7 nitrogen and oxygen atoms in total. The Kier molecular flexibility index (Phi) is 7.76. The van der Waals surface area contributed by atoms with Crippen LogP contribution in [0, 0.1) is 0 Å². The standard InChI is InChI=1S/C28H32N4O3S/c1-4-36(34,35)32(20-10-19-31(2)3)23-17-15-22(16-18-23)29-27(21-11-6-5-7-12-21)26-24-13-8-9-14-25(24)30-28(26)33/h5-9,11-18,29H,4,10,19-20H2,1-3H3,(H,30,33).